The molecule has 0 saturated carbocycles. The third-order valence-electron chi connectivity index (χ3n) is 5.01. The summed E-state index contributed by atoms with van der Waals surface area (Å²) in [5.41, 5.74) is 2.82. The third-order valence-corrected chi connectivity index (χ3v) is 6.05. The molecule has 3 rings (SSSR count). The molecule has 0 aliphatic carbocycles. The fraction of sp³-hybridized carbons (Fsp3) is 0.348. The second-order valence-electron chi connectivity index (χ2n) is 7.17. The second-order valence-corrected chi connectivity index (χ2v) is 8.31. The lowest BCUT2D eigenvalue weighted by atomic mass is 10.0. The average Bonchev–Trinajstić information content (AvgIpc) is 2.77. The van der Waals surface area contributed by atoms with Crippen molar-refractivity contribution in [3.8, 4) is 0 Å². The molecule has 7 heteroatoms. The lowest BCUT2D eigenvalue weighted by Gasteiger charge is -2.29. The maximum Gasteiger partial charge on any atom is 0.307 e. The maximum atomic E-state index is 12.7. The van der Waals surface area contributed by atoms with Crippen LogP contribution in [0.3, 0.4) is 0 Å². The quantitative estimate of drug-likeness (QED) is 0.684. The van der Waals surface area contributed by atoms with E-state index >= 15 is 0 Å². The van der Waals surface area contributed by atoms with Crippen LogP contribution in [0.2, 0.25) is 0 Å². The van der Waals surface area contributed by atoms with Gasteiger partial charge < -0.3 is 15.0 Å². The van der Waals surface area contributed by atoms with Gasteiger partial charge >= 0.3 is 5.97 Å². The Morgan fingerprint density at radius 3 is 2.57 bits per heavy atom. The zero-order valence-electron chi connectivity index (χ0n) is 17.2. The van der Waals surface area contributed by atoms with Gasteiger partial charge in [0.05, 0.1) is 25.3 Å². The predicted octanol–water partition coefficient (Wildman–Crippen LogP) is 3.63. The van der Waals surface area contributed by atoms with Crippen LogP contribution in [0.1, 0.15) is 36.4 Å². The zero-order chi connectivity index (χ0) is 21.5. The number of thioether (sulfide) groups is 1. The van der Waals surface area contributed by atoms with Crippen LogP contribution in [0.15, 0.2) is 53.4 Å². The summed E-state index contributed by atoms with van der Waals surface area (Å²) in [4.78, 5) is 39.9. The fourth-order valence-electron chi connectivity index (χ4n) is 3.35. The number of nitrogens with one attached hydrogen (secondary N) is 1. The molecule has 2 amide bonds. The molecular formula is C23H26N2O4S. The van der Waals surface area contributed by atoms with E-state index in [4.69, 9.17) is 4.74 Å². The number of carbonyl (C=O) groups is 3. The van der Waals surface area contributed by atoms with Crippen LogP contribution in [0, 0.1) is 6.92 Å². The molecule has 1 N–H and O–H groups in total. The van der Waals surface area contributed by atoms with Crippen molar-refractivity contribution < 1.29 is 19.1 Å². The molecule has 1 heterocycles. The first-order valence-electron chi connectivity index (χ1n) is 9.93. The number of aryl methyl sites for hydroxylation is 1. The SMILES string of the molecule is COC(=O)CC(NC(=O)CCC(=O)N1CCSc2ccccc21)c1ccc(C)cc1. The number of para-hydroxylation sites is 1. The summed E-state index contributed by atoms with van der Waals surface area (Å²) in [6.45, 7) is 2.61. The van der Waals surface area contributed by atoms with E-state index in [-0.39, 0.29) is 31.1 Å². The van der Waals surface area contributed by atoms with Gasteiger partial charge in [-0.3, -0.25) is 14.4 Å². The Labute approximate surface area is 181 Å². The number of amides is 2. The fourth-order valence-corrected chi connectivity index (χ4v) is 4.35. The van der Waals surface area contributed by atoms with Crippen LogP contribution >= 0.6 is 11.8 Å². The van der Waals surface area contributed by atoms with E-state index in [0.29, 0.717) is 6.54 Å². The summed E-state index contributed by atoms with van der Waals surface area (Å²) in [7, 11) is 1.32. The van der Waals surface area contributed by atoms with E-state index in [0.717, 1.165) is 27.5 Å². The summed E-state index contributed by atoms with van der Waals surface area (Å²) in [6.07, 6.45) is 0.216. The molecule has 0 bridgehead atoms. The number of ether oxygens (including phenoxy) is 1. The Kier molecular flexibility index (Phi) is 7.52. The lowest BCUT2D eigenvalue weighted by molar-refractivity contribution is -0.141. The standard InChI is InChI=1S/C23H26N2O4S/c1-16-7-9-17(10-8-16)18(15-23(28)29-2)24-21(26)11-12-22(27)25-13-14-30-20-6-4-3-5-19(20)25/h3-10,18H,11-15H2,1-2H3,(H,24,26). The highest BCUT2D eigenvalue weighted by Gasteiger charge is 2.24. The van der Waals surface area contributed by atoms with E-state index in [1.165, 1.54) is 7.11 Å². The summed E-state index contributed by atoms with van der Waals surface area (Å²) in [6, 6.07) is 15.0. The number of methoxy groups -OCH3 is 1. The molecule has 158 valence electrons. The predicted molar refractivity (Wildman–Crippen MR) is 117 cm³/mol. The molecule has 6 nitrogen and oxygen atoms in total. The molecule has 0 spiro atoms. The highest BCUT2D eigenvalue weighted by molar-refractivity contribution is 7.99. The van der Waals surface area contributed by atoms with Crippen molar-refractivity contribution in [3.05, 3.63) is 59.7 Å². The Morgan fingerprint density at radius 2 is 1.83 bits per heavy atom. The smallest absolute Gasteiger partial charge is 0.307 e. The minimum absolute atomic E-state index is 0.0377. The number of rotatable bonds is 7. The molecule has 1 aliphatic rings. The number of hydrogen-bond donors (Lipinski definition) is 1. The number of benzene rings is 2. The van der Waals surface area contributed by atoms with E-state index in [2.05, 4.69) is 5.32 Å². The number of nitrogens with zero attached hydrogens (tertiary/aromatic N) is 1. The molecule has 2 aromatic rings. The first-order valence-corrected chi connectivity index (χ1v) is 10.9. The minimum atomic E-state index is -0.493. The van der Waals surface area contributed by atoms with E-state index < -0.39 is 12.0 Å². The number of fused-ring (bicyclic) bond motifs is 1. The van der Waals surface area contributed by atoms with Gasteiger partial charge in [-0.1, -0.05) is 42.0 Å². The van der Waals surface area contributed by atoms with Crippen molar-refractivity contribution in [2.45, 2.75) is 37.1 Å². The summed E-state index contributed by atoms with van der Waals surface area (Å²) in [5, 5.41) is 2.88. The Hall–Kier alpha value is -2.80. The summed E-state index contributed by atoms with van der Waals surface area (Å²) < 4.78 is 4.77. The largest absolute Gasteiger partial charge is 0.469 e. The van der Waals surface area contributed by atoms with Crippen molar-refractivity contribution in [2.75, 3.05) is 24.3 Å². The van der Waals surface area contributed by atoms with Crippen molar-refractivity contribution in [3.63, 3.8) is 0 Å². The van der Waals surface area contributed by atoms with Gasteiger partial charge in [0.2, 0.25) is 11.8 Å². The number of hydrogen-bond acceptors (Lipinski definition) is 5. The molecule has 1 atom stereocenters. The van der Waals surface area contributed by atoms with Gasteiger partial charge in [0, 0.05) is 30.0 Å². The second kappa shape index (κ2) is 10.3. The van der Waals surface area contributed by atoms with Gasteiger partial charge in [-0.2, -0.15) is 0 Å². The maximum absolute atomic E-state index is 12.7. The van der Waals surface area contributed by atoms with E-state index in [1.807, 2.05) is 55.5 Å². The molecular weight excluding hydrogens is 400 g/mol. The molecule has 0 saturated heterocycles. The minimum Gasteiger partial charge on any atom is -0.469 e. The van der Waals surface area contributed by atoms with E-state index in [9.17, 15) is 14.4 Å². The van der Waals surface area contributed by atoms with Crippen LogP contribution in [0.25, 0.3) is 0 Å². The molecule has 2 aromatic carbocycles. The number of esters is 1. The monoisotopic (exact) mass is 426 g/mol. The van der Waals surface area contributed by atoms with Gasteiger partial charge in [0.1, 0.15) is 0 Å². The molecule has 0 radical (unpaired) electrons. The van der Waals surface area contributed by atoms with Gasteiger partial charge in [-0.25, -0.2) is 0 Å². The summed E-state index contributed by atoms with van der Waals surface area (Å²) >= 11 is 1.73. The highest BCUT2D eigenvalue weighted by atomic mass is 32.2. The van der Waals surface area contributed by atoms with Gasteiger partial charge in [0.15, 0.2) is 0 Å². The Balaban J connectivity index is 1.61. The van der Waals surface area contributed by atoms with Crippen molar-refractivity contribution >= 4 is 35.2 Å². The highest BCUT2D eigenvalue weighted by Crippen LogP contribution is 2.34. The number of carbonyl (C=O) groups excluding carboxylic acids is 3. The van der Waals surface area contributed by atoms with Crippen LogP contribution in [0.5, 0.6) is 0 Å². The molecule has 1 aliphatic heterocycles. The van der Waals surface area contributed by atoms with Crippen molar-refractivity contribution in [1.29, 1.82) is 0 Å². The van der Waals surface area contributed by atoms with Crippen molar-refractivity contribution in [2.24, 2.45) is 0 Å². The Morgan fingerprint density at radius 1 is 1.10 bits per heavy atom. The van der Waals surface area contributed by atoms with Crippen LogP contribution in [-0.2, 0) is 19.1 Å². The van der Waals surface area contributed by atoms with Gasteiger partial charge in [0.25, 0.3) is 0 Å². The molecule has 0 aromatic heterocycles. The molecule has 0 fully saturated rings. The first-order chi connectivity index (χ1) is 14.5. The Bertz CT molecular complexity index is 914. The molecule has 1 unspecified atom stereocenters. The van der Waals surface area contributed by atoms with Crippen LogP contribution in [-0.4, -0.2) is 37.2 Å². The van der Waals surface area contributed by atoms with Gasteiger partial charge in [-0.15, -0.1) is 11.8 Å². The van der Waals surface area contributed by atoms with Gasteiger partial charge in [-0.05, 0) is 24.6 Å². The zero-order valence-corrected chi connectivity index (χ0v) is 18.0. The normalized spacial score (nSPS) is 13.9. The average molecular weight is 427 g/mol. The summed E-state index contributed by atoms with van der Waals surface area (Å²) in [5.74, 6) is 0.0958. The van der Waals surface area contributed by atoms with Crippen LogP contribution in [0.4, 0.5) is 5.69 Å². The van der Waals surface area contributed by atoms with Crippen molar-refractivity contribution in [1.82, 2.24) is 5.32 Å². The first kappa shape index (κ1) is 21.9. The van der Waals surface area contributed by atoms with Crippen LogP contribution < -0.4 is 10.2 Å². The number of anilines is 1. The third kappa shape index (κ3) is 5.63. The topological polar surface area (TPSA) is 75.7 Å². The lowest BCUT2D eigenvalue weighted by Crippen LogP contribution is -2.36. The molecule has 30 heavy (non-hydrogen) atoms. The van der Waals surface area contributed by atoms with E-state index in [1.54, 1.807) is 16.7 Å².